The molecule has 490 valence electrons. The van der Waals surface area contributed by atoms with Crippen molar-refractivity contribution in [2.24, 2.45) is 4.99 Å². The molecule has 0 radical (unpaired) electrons. The lowest BCUT2D eigenvalue weighted by Gasteiger charge is -2.25. The van der Waals surface area contributed by atoms with Gasteiger partial charge in [0.2, 0.25) is 27.8 Å². The van der Waals surface area contributed by atoms with E-state index < -0.39 is 81.2 Å². The summed E-state index contributed by atoms with van der Waals surface area (Å²) in [5.41, 5.74) is 3.87. The van der Waals surface area contributed by atoms with Crippen LogP contribution in [0.5, 0.6) is 0 Å². The summed E-state index contributed by atoms with van der Waals surface area (Å²) < 4.78 is 60.4. The summed E-state index contributed by atoms with van der Waals surface area (Å²) >= 11 is 0. The van der Waals surface area contributed by atoms with Gasteiger partial charge in [0.05, 0.1) is 44.5 Å². The van der Waals surface area contributed by atoms with Crippen molar-refractivity contribution in [2.75, 3.05) is 86.2 Å². The number of nitrogens with zero attached hydrogens (tertiary/aromatic N) is 2. The number of hydrogen-bond donors (Lipinski definition) is 5. The number of ether oxygens (including phenoxy) is 6. The monoisotopic (exact) mass is 1270 g/mol. The molecule has 0 aromatic heterocycles. The molecule has 0 saturated carbocycles. The molecule has 0 bridgehead atoms. The van der Waals surface area contributed by atoms with E-state index in [2.05, 4.69) is 55.8 Å². The van der Waals surface area contributed by atoms with Crippen LogP contribution in [0, 0.1) is 0 Å². The van der Waals surface area contributed by atoms with Gasteiger partial charge in [0.15, 0.2) is 5.78 Å². The molecule has 6 rings (SSSR count). The van der Waals surface area contributed by atoms with Crippen molar-refractivity contribution >= 4 is 57.8 Å². The topological polar surface area (TPSA) is 322 Å². The summed E-state index contributed by atoms with van der Waals surface area (Å²) in [6.07, 6.45) is -2.14. The molecule has 2 aliphatic rings. The molecule has 4 aromatic rings. The maximum absolute atomic E-state index is 14.1. The Balaban J connectivity index is 0.913. The molecule has 1 aliphatic heterocycles. The molecule has 27 heteroatoms. The van der Waals surface area contributed by atoms with Gasteiger partial charge in [-0.15, -0.1) is 0 Å². The number of sulfonamides is 1. The highest BCUT2D eigenvalue weighted by Crippen LogP contribution is 2.44. The van der Waals surface area contributed by atoms with Crippen molar-refractivity contribution in [3.05, 3.63) is 125 Å². The number of esters is 1. The van der Waals surface area contributed by atoms with Gasteiger partial charge >= 0.3 is 24.2 Å². The van der Waals surface area contributed by atoms with E-state index in [1.54, 1.807) is 84.0 Å². The van der Waals surface area contributed by atoms with Crippen molar-refractivity contribution in [2.45, 2.75) is 120 Å². The lowest BCUT2D eigenvalue weighted by atomic mass is 9.98. The summed E-state index contributed by atoms with van der Waals surface area (Å²) in [5, 5.41) is 12.9. The fraction of sp³-hybridized carbons (Fsp3) is 0.492. The zero-order valence-corrected chi connectivity index (χ0v) is 52.7. The van der Waals surface area contributed by atoms with Gasteiger partial charge in [0, 0.05) is 44.8 Å². The number of benzene rings is 4. The molecular formula is C63H83N7O19S. The van der Waals surface area contributed by atoms with Crippen LogP contribution in [-0.4, -0.2) is 176 Å². The Labute approximate surface area is 524 Å². The highest BCUT2D eigenvalue weighted by molar-refractivity contribution is 7.89. The van der Waals surface area contributed by atoms with E-state index in [1.807, 2.05) is 24.3 Å². The molecule has 0 unspecified atom stereocenters. The van der Waals surface area contributed by atoms with Gasteiger partial charge in [0.25, 0.3) is 0 Å². The van der Waals surface area contributed by atoms with E-state index in [0.717, 1.165) is 26.6 Å². The van der Waals surface area contributed by atoms with Crippen molar-refractivity contribution in [3.8, 4) is 11.1 Å². The molecule has 5 N–H and O–H groups in total. The fourth-order valence-corrected chi connectivity index (χ4v) is 11.2. The average Bonchev–Trinajstić information content (AvgIpc) is 1.68. The molecule has 1 aliphatic carbocycles. The van der Waals surface area contributed by atoms with Crippen molar-refractivity contribution < 1.29 is 90.0 Å². The maximum Gasteiger partial charge on any atom is 0.414 e. The maximum atomic E-state index is 14.1. The number of fused-ring (bicyclic) bond motifs is 3. The molecule has 26 nitrogen and oxygen atoms in total. The van der Waals surface area contributed by atoms with Crippen LogP contribution in [-0.2, 0) is 90.0 Å². The Morgan fingerprint density at radius 2 is 1.18 bits per heavy atom. The van der Waals surface area contributed by atoms with E-state index in [9.17, 15) is 42.0 Å². The van der Waals surface area contributed by atoms with Gasteiger partial charge in [-0.2, -0.15) is 4.31 Å². The number of nitrogens with one attached hydrogen (secondary N) is 5. The number of guanidine groups is 1. The number of amides is 5. The van der Waals surface area contributed by atoms with Crippen LogP contribution in [0.3, 0.4) is 0 Å². The minimum Gasteiger partial charge on any atom is -0.467 e. The first-order valence-electron chi connectivity index (χ1n) is 29.6. The summed E-state index contributed by atoms with van der Waals surface area (Å²) in [7, 11) is -2.83. The Kier molecular flexibility index (Phi) is 28.1. The number of rotatable bonds is 33. The minimum absolute atomic E-state index is 0.00803. The Morgan fingerprint density at radius 1 is 0.633 bits per heavy atom. The summed E-state index contributed by atoms with van der Waals surface area (Å²) in [4.78, 5) is 117. The van der Waals surface area contributed by atoms with Gasteiger partial charge in [-0.05, 0) is 106 Å². The second-order valence-corrected chi connectivity index (χ2v) is 24.6. The number of methoxy groups -OCH3 is 1. The first kappa shape index (κ1) is 71.2. The van der Waals surface area contributed by atoms with Crippen LogP contribution in [0.4, 0.5) is 14.4 Å². The van der Waals surface area contributed by atoms with Crippen LogP contribution in [0.2, 0.25) is 0 Å². The third-order valence-corrected chi connectivity index (χ3v) is 15.4. The van der Waals surface area contributed by atoms with Crippen LogP contribution < -0.4 is 26.6 Å². The van der Waals surface area contributed by atoms with E-state index in [4.69, 9.17) is 48.0 Å². The van der Waals surface area contributed by atoms with Crippen LogP contribution in [0.25, 0.3) is 11.1 Å². The van der Waals surface area contributed by atoms with Crippen molar-refractivity contribution in [3.63, 3.8) is 0 Å². The molecule has 1 heterocycles. The van der Waals surface area contributed by atoms with E-state index in [0.29, 0.717) is 17.5 Å². The Hall–Kier alpha value is -7.89. The van der Waals surface area contributed by atoms with Crippen molar-refractivity contribution in [1.82, 2.24) is 30.9 Å². The quantitative estimate of drug-likeness (QED) is 0.00695. The van der Waals surface area contributed by atoms with Gasteiger partial charge in [-0.25, -0.2) is 47.1 Å². The smallest absolute Gasteiger partial charge is 0.414 e. The molecule has 3 atom stereocenters. The Morgan fingerprint density at radius 3 is 1.76 bits per heavy atom. The average molecular weight is 1270 g/mol. The lowest BCUT2D eigenvalue weighted by Crippen LogP contribution is -2.51. The molecule has 5 amide bonds. The standard InChI is InChI=1S/C63H83N7O19S/c1-62(2,3)88-60(76)68-58(69-61(77)89-63(4,5)6)64-29-27-51(54(71)41-44-25-23-43(24-26-44)40-52(57(74)80-7)67-56(73)53-22-15-31-70(53)90(78,79)45-16-9-8-10-17-45)66-55(72)28-32-81-34-36-84-86-38-39-87-85-37-35-82-33-30-65-59(75)83-42-50-48-20-13-11-18-46(48)47-19-12-14-21-49(47)50/h8-14,16-21,23-26,50-53H,15,22,27-42H2,1-7H3,(H,65,75)(H,66,72)(H,67,73)(H2,64,68,69,76,77)/t51-,52+,53+/m1/s1. The van der Waals surface area contributed by atoms with Crippen LogP contribution in [0.1, 0.15) is 95.4 Å². The second kappa shape index (κ2) is 35.5. The molecule has 4 aromatic carbocycles. The molecule has 1 saturated heterocycles. The third-order valence-electron chi connectivity index (χ3n) is 13.5. The number of ketones is 1. The molecule has 0 spiro atoms. The van der Waals surface area contributed by atoms with E-state index >= 15 is 0 Å². The summed E-state index contributed by atoms with van der Waals surface area (Å²) in [5.74, 6) is -2.73. The molecule has 90 heavy (non-hydrogen) atoms. The highest BCUT2D eigenvalue weighted by Gasteiger charge is 2.41. The third kappa shape index (κ3) is 23.8. The normalized spacial score (nSPS) is 14.6. The summed E-state index contributed by atoms with van der Waals surface area (Å²) in [6.45, 7) is 10.9. The largest absolute Gasteiger partial charge is 0.467 e. The number of carbonyl (C=O) groups excluding carboxylic acids is 7. The first-order valence-corrected chi connectivity index (χ1v) is 31.1. The fourth-order valence-electron chi connectivity index (χ4n) is 9.50. The number of alkyl carbamates (subject to hydrolysis) is 3. The zero-order chi connectivity index (χ0) is 65.1. The zero-order valence-electron chi connectivity index (χ0n) is 51.9. The van der Waals surface area contributed by atoms with Gasteiger partial charge in [-0.1, -0.05) is 91.0 Å². The first-order chi connectivity index (χ1) is 43.0. The molecular weight excluding hydrogens is 1190 g/mol. The van der Waals surface area contributed by atoms with E-state index in [1.165, 1.54) is 19.2 Å². The number of aliphatic imine (C=N–C) groups is 1. The predicted octanol–water partition coefficient (Wildman–Crippen LogP) is 5.99. The Bertz CT molecular complexity index is 3080. The summed E-state index contributed by atoms with van der Waals surface area (Å²) in [6, 6.07) is 27.3. The second-order valence-electron chi connectivity index (χ2n) is 22.7. The van der Waals surface area contributed by atoms with E-state index in [-0.39, 0.29) is 128 Å². The number of Topliss-reactive ketones (excluding diaryl/α,β-unsaturated/α-hetero) is 1. The number of hydrogen-bond acceptors (Lipinski definition) is 20. The van der Waals surface area contributed by atoms with Gasteiger partial charge in [0.1, 0.15) is 56.3 Å². The van der Waals surface area contributed by atoms with Crippen LogP contribution in [0.15, 0.2) is 113 Å². The SMILES string of the molecule is COC(=O)[C@H](Cc1ccc(CC(=O)[C@@H](CCN=C(NC(=O)OC(C)(C)C)NC(=O)OC(C)(C)C)NC(=O)CCOCCOOCCOOCCOCCNC(=O)OCC2c3ccccc3-c3ccccc32)cc1)NC(=O)[C@@H]1CCCN1S(=O)(=O)c1ccccc1. The number of carbonyl (C=O) groups is 7. The van der Waals surface area contributed by atoms with Crippen LogP contribution >= 0.6 is 0 Å². The van der Waals surface area contributed by atoms with Crippen molar-refractivity contribution in [1.29, 1.82) is 0 Å². The predicted molar refractivity (Wildman–Crippen MR) is 327 cm³/mol. The molecule has 1 fully saturated rings. The van der Waals surface area contributed by atoms with Gasteiger partial charge in [-0.3, -0.25) is 30.0 Å². The van der Waals surface area contributed by atoms with Gasteiger partial charge < -0.3 is 44.4 Å². The lowest BCUT2D eigenvalue weighted by molar-refractivity contribution is -0.344. The highest BCUT2D eigenvalue weighted by atomic mass is 32.2. The minimum atomic E-state index is -4.00.